The number of hydrogen-bond acceptors (Lipinski definition) is 4. The number of piperidine rings is 1. The SMILES string of the molecule is CCN1CCCC(Nc2nc(Cl)cs2)C1. The summed E-state index contributed by atoms with van der Waals surface area (Å²) in [5, 5.41) is 6.85. The molecule has 0 aromatic carbocycles. The van der Waals surface area contributed by atoms with E-state index in [1.54, 1.807) is 11.3 Å². The van der Waals surface area contributed by atoms with Crippen LogP contribution in [0.25, 0.3) is 0 Å². The number of likely N-dealkylation sites (N-methyl/N-ethyl adjacent to an activating group) is 1. The standard InChI is InChI=1S/C10H16ClN3S/c1-2-14-5-3-4-8(6-14)12-10-13-9(11)7-15-10/h7-8H,2-6H2,1H3,(H,12,13). The third-order valence-corrected chi connectivity index (χ3v) is 3.85. The molecule has 0 saturated carbocycles. The molecule has 1 aromatic heterocycles. The molecule has 1 aliphatic rings. The van der Waals surface area contributed by atoms with Crippen molar-refractivity contribution in [2.45, 2.75) is 25.8 Å². The summed E-state index contributed by atoms with van der Waals surface area (Å²) >= 11 is 7.36. The second-order valence-corrected chi connectivity index (χ2v) is 5.10. The lowest BCUT2D eigenvalue weighted by molar-refractivity contribution is 0.227. The molecule has 1 aliphatic heterocycles. The van der Waals surface area contributed by atoms with Gasteiger partial charge in [0.2, 0.25) is 0 Å². The van der Waals surface area contributed by atoms with Gasteiger partial charge in [-0.05, 0) is 25.9 Å². The fourth-order valence-electron chi connectivity index (χ4n) is 1.96. The maximum atomic E-state index is 5.78. The molecule has 15 heavy (non-hydrogen) atoms. The largest absolute Gasteiger partial charge is 0.357 e. The first-order chi connectivity index (χ1) is 7.28. The van der Waals surface area contributed by atoms with Crippen molar-refractivity contribution in [3.63, 3.8) is 0 Å². The van der Waals surface area contributed by atoms with Crippen molar-refractivity contribution >= 4 is 28.1 Å². The Labute approximate surface area is 99.5 Å². The molecule has 2 rings (SSSR count). The molecule has 1 aromatic rings. The molecule has 1 saturated heterocycles. The number of anilines is 1. The van der Waals surface area contributed by atoms with Crippen molar-refractivity contribution < 1.29 is 0 Å². The van der Waals surface area contributed by atoms with Crippen LogP contribution in [0, 0.1) is 0 Å². The molecule has 1 N–H and O–H groups in total. The Hall–Kier alpha value is -0.320. The van der Waals surface area contributed by atoms with Crippen LogP contribution in [0.3, 0.4) is 0 Å². The maximum Gasteiger partial charge on any atom is 0.184 e. The lowest BCUT2D eigenvalue weighted by Crippen LogP contribution is -2.41. The van der Waals surface area contributed by atoms with Crippen molar-refractivity contribution in [1.29, 1.82) is 0 Å². The fraction of sp³-hybridized carbons (Fsp3) is 0.700. The van der Waals surface area contributed by atoms with Crippen LogP contribution in [0.2, 0.25) is 5.15 Å². The molecule has 0 amide bonds. The van der Waals surface area contributed by atoms with E-state index in [0.29, 0.717) is 11.2 Å². The van der Waals surface area contributed by atoms with Crippen LogP contribution in [0.4, 0.5) is 5.13 Å². The smallest absolute Gasteiger partial charge is 0.184 e. The second kappa shape index (κ2) is 5.14. The number of nitrogens with one attached hydrogen (secondary N) is 1. The summed E-state index contributed by atoms with van der Waals surface area (Å²) in [6, 6.07) is 0.529. The van der Waals surface area contributed by atoms with Crippen molar-refractivity contribution in [1.82, 2.24) is 9.88 Å². The predicted octanol–water partition coefficient (Wildman–Crippen LogP) is 2.69. The number of hydrogen-bond donors (Lipinski definition) is 1. The molecule has 3 nitrogen and oxygen atoms in total. The van der Waals surface area contributed by atoms with Gasteiger partial charge in [-0.15, -0.1) is 11.3 Å². The Morgan fingerprint density at radius 1 is 1.73 bits per heavy atom. The molecule has 5 heteroatoms. The fourth-order valence-corrected chi connectivity index (χ4v) is 2.87. The quantitative estimate of drug-likeness (QED) is 0.888. The zero-order valence-electron chi connectivity index (χ0n) is 8.87. The molecule has 1 unspecified atom stereocenters. The number of aromatic nitrogens is 1. The van der Waals surface area contributed by atoms with E-state index in [2.05, 4.69) is 22.1 Å². The van der Waals surface area contributed by atoms with Gasteiger partial charge < -0.3 is 10.2 Å². The minimum Gasteiger partial charge on any atom is -0.357 e. The average Bonchev–Trinajstić information content (AvgIpc) is 2.64. The summed E-state index contributed by atoms with van der Waals surface area (Å²) in [5.41, 5.74) is 0. The average molecular weight is 246 g/mol. The van der Waals surface area contributed by atoms with E-state index in [9.17, 15) is 0 Å². The normalized spacial score (nSPS) is 22.9. The van der Waals surface area contributed by atoms with Crippen molar-refractivity contribution in [3.8, 4) is 0 Å². The van der Waals surface area contributed by atoms with Crippen LogP contribution in [-0.4, -0.2) is 35.6 Å². The highest BCUT2D eigenvalue weighted by Gasteiger charge is 2.19. The Bertz CT molecular complexity index is 315. The molecule has 84 valence electrons. The molecular formula is C10H16ClN3S. The molecule has 1 atom stereocenters. The Kier molecular flexibility index (Phi) is 3.83. The molecular weight excluding hydrogens is 230 g/mol. The van der Waals surface area contributed by atoms with Crippen LogP contribution in [0.5, 0.6) is 0 Å². The van der Waals surface area contributed by atoms with Gasteiger partial charge in [0, 0.05) is 18.0 Å². The zero-order chi connectivity index (χ0) is 10.7. The minimum atomic E-state index is 0.529. The van der Waals surface area contributed by atoms with Crippen molar-refractivity contribution in [3.05, 3.63) is 10.5 Å². The summed E-state index contributed by atoms with van der Waals surface area (Å²) < 4.78 is 0. The van der Waals surface area contributed by atoms with Gasteiger partial charge in [0.25, 0.3) is 0 Å². The van der Waals surface area contributed by atoms with Crippen LogP contribution in [0.15, 0.2) is 5.38 Å². The van der Waals surface area contributed by atoms with E-state index in [4.69, 9.17) is 11.6 Å². The van der Waals surface area contributed by atoms with E-state index >= 15 is 0 Å². The Morgan fingerprint density at radius 2 is 2.60 bits per heavy atom. The lowest BCUT2D eigenvalue weighted by Gasteiger charge is -2.32. The highest BCUT2D eigenvalue weighted by Crippen LogP contribution is 2.21. The van der Waals surface area contributed by atoms with Crippen LogP contribution < -0.4 is 5.32 Å². The first-order valence-corrected chi connectivity index (χ1v) is 6.63. The van der Waals surface area contributed by atoms with E-state index in [1.807, 2.05) is 5.38 Å². The van der Waals surface area contributed by atoms with Crippen LogP contribution in [0.1, 0.15) is 19.8 Å². The summed E-state index contributed by atoms with van der Waals surface area (Å²) in [7, 11) is 0. The van der Waals surface area contributed by atoms with Crippen LogP contribution >= 0.6 is 22.9 Å². The van der Waals surface area contributed by atoms with E-state index in [0.717, 1.165) is 18.2 Å². The maximum absolute atomic E-state index is 5.78. The zero-order valence-corrected chi connectivity index (χ0v) is 10.4. The second-order valence-electron chi connectivity index (χ2n) is 3.85. The third-order valence-electron chi connectivity index (χ3n) is 2.76. The number of halogens is 1. The highest BCUT2D eigenvalue weighted by molar-refractivity contribution is 7.14. The van der Waals surface area contributed by atoms with E-state index in [-0.39, 0.29) is 0 Å². The first-order valence-electron chi connectivity index (χ1n) is 5.38. The topological polar surface area (TPSA) is 28.2 Å². The number of rotatable bonds is 3. The molecule has 0 radical (unpaired) electrons. The highest BCUT2D eigenvalue weighted by atomic mass is 35.5. The summed E-state index contributed by atoms with van der Waals surface area (Å²) in [6.45, 7) is 5.69. The number of thiazole rings is 1. The van der Waals surface area contributed by atoms with E-state index < -0.39 is 0 Å². The monoisotopic (exact) mass is 245 g/mol. The van der Waals surface area contributed by atoms with Gasteiger partial charge in [-0.3, -0.25) is 0 Å². The van der Waals surface area contributed by atoms with Gasteiger partial charge in [0.05, 0.1) is 0 Å². The van der Waals surface area contributed by atoms with Gasteiger partial charge in [0.15, 0.2) is 5.13 Å². The number of nitrogens with zero attached hydrogens (tertiary/aromatic N) is 2. The molecule has 1 fully saturated rings. The summed E-state index contributed by atoms with van der Waals surface area (Å²) in [4.78, 5) is 6.68. The third kappa shape index (κ3) is 3.06. The molecule has 0 spiro atoms. The minimum absolute atomic E-state index is 0.529. The summed E-state index contributed by atoms with van der Waals surface area (Å²) in [5.74, 6) is 0. The first kappa shape index (κ1) is 11.2. The van der Waals surface area contributed by atoms with Crippen molar-refractivity contribution in [2.24, 2.45) is 0 Å². The molecule has 2 heterocycles. The number of likely N-dealkylation sites (tertiary alicyclic amines) is 1. The summed E-state index contributed by atoms with van der Waals surface area (Å²) in [6.07, 6.45) is 2.50. The Balaban J connectivity index is 1.88. The van der Waals surface area contributed by atoms with Crippen molar-refractivity contribution in [2.75, 3.05) is 25.0 Å². The van der Waals surface area contributed by atoms with Gasteiger partial charge in [-0.25, -0.2) is 4.98 Å². The van der Waals surface area contributed by atoms with Gasteiger partial charge in [-0.1, -0.05) is 18.5 Å². The lowest BCUT2D eigenvalue weighted by atomic mass is 10.1. The van der Waals surface area contributed by atoms with Gasteiger partial charge >= 0.3 is 0 Å². The molecule has 0 bridgehead atoms. The molecule has 0 aliphatic carbocycles. The van der Waals surface area contributed by atoms with Crippen LogP contribution in [-0.2, 0) is 0 Å². The predicted molar refractivity (Wildman–Crippen MR) is 65.9 cm³/mol. The van der Waals surface area contributed by atoms with Gasteiger partial charge in [-0.2, -0.15) is 0 Å². The Morgan fingerprint density at radius 3 is 3.27 bits per heavy atom. The van der Waals surface area contributed by atoms with E-state index in [1.165, 1.54) is 19.4 Å². The van der Waals surface area contributed by atoms with Gasteiger partial charge in [0.1, 0.15) is 5.15 Å².